The molecule has 1 aliphatic rings. The highest BCUT2D eigenvalue weighted by molar-refractivity contribution is 7.89. The lowest BCUT2D eigenvalue weighted by Crippen LogP contribution is -2.43. The molecule has 1 saturated heterocycles. The highest BCUT2D eigenvalue weighted by atomic mass is 32.2. The third kappa shape index (κ3) is 5.75. The molecule has 0 aromatic heterocycles. The number of hydrogen-bond donors (Lipinski definition) is 2. The first-order chi connectivity index (χ1) is 12.6. The molecule has 1 aromatic rings. The van der Waals surface area contributed by atoms with Crippen molar-refractivity contribution in [3.8, 4) is 0 Å². The molecule has 150 valence electrons. The molecule has 0 unspecified atom stereocenters. The van der Waals surface area contributed by atoms with Gasteiger partial charge in [-0.05, 0) is 63.4 Å². The lowest BCUT2D eigenvalue weighted by Gasteiger charge is -2.30. The van der Waals surface area contributed by atoms with E-state index in [1.807, 2.05) is 4.90 Å². The van der Waals surface area contributed by atoms with Gasteiger partial charge in [-0.15, -0.1) is 0 Å². The minimum absolute atomic E-state index is 0.0405. The van der Waals surface area contributed by atoms with Gasteiger partial charge < -0.3 is 10.1 Å². The molecular formula is C18H27N3O5S. The van der Waals surface area contributed by atoms with E-state index in [2.05, 4.69) is 5.32 Å². The summed E-state index contributed by atoms with van der Waals surface area (Å²) < 4.78 is 28.3. The minimum Gasteiger partial charge on any atom is -0.466 e. The number of rotatable bonds is 6. The Labute approximate surface area is 160 Å². The van der Waals surface area contributed by atoms with E-state index in [0.29, 0.717) is 18.8 Å². The van der Waals surface area contributed by atoms with Crippen LogP contribution in [0, 0.1) is 19.8 Å². The predicted molar refractivity (Wildman–Crippen MR) is 102 cm³/mol. The Morgan fingerprint density at radius 2 is 2.04 bits per heavy atom. The molecule has 0 radical (unpaired) electrons. The van der Waals surface area contributed by atoms with Crippen molar-refractivity contribution in [2.75, 3.05) is 31.6 Å². The predicted octanol–water partition coefficient (Wildman–Crippen LogP) is 1.16. The van der Waals surface area contributed by atoms with Crippen LogP contribution in [-0.4, -0.2) is 51.4 Å². The van der Waals surface area contributed by atoms with E-state index in [1.54, 1.807) is 20.8 Å². The molecule has 0 saturated carbocycles. The third-order valence-electron chi connectivity index (χ3n) is 4.74. The van der Waals surface area contributed by atoms with Crippen LogP contribution in [0.3, 0.4) is 0 Å². The summed E-state index contributed by atoms with van der Waals surface area (Å²) in [5.41, 5.74) is 1.92. The first-order valence-electron chi connectivity index (χ1n) is 8.94. The average Bonchev–Trinajstić information content (AvgIpc) is 2.58. The first kappa shape index (κ1) is 21.3. The molecule has 0 aliphatic carbocycles. The molecule has 1 atom stereocenters. The molecule has 1 aliphatic heterocycles. The van der Waals surface area contributed by atoms with Gasteiger partial charge in [-0.2, -0.15) is 0 Å². The van der Waals surface area contributed by atoms with E-state index in [4.69, 9.17) is 9.88 Å². The van der Waals surface area contributed by atoms with Crippen molar-refractivity contribution < 1.29 is 22.7 Å². The van der Waals surface area contributed by atoms with Crippen LogP contribution in [0.4, 0.5) is 5.69 Å². The fourth-order valence-corrected chi connectivity index (χ4v) is 3.79. The summed E-state index contributed by atoms with van der Waals surface area (Å²) in [4.78, 5) is 26.2. The van der Waals surface area contributed by atoms with Crippen molar-refractivity contribution in [2.24, 2.45) is 11.1 Å². The zero-order valence-electron chi connectivity index (χ0n) is 15.9. The monoisotopic (exact) mass is 397 g/mol. The molecule has 0 bridgehead atoms. The topological polar surface area (TPSA) is 119 Å². The summed E-state index contributed by atoms with van der Waals surface area (Å²) >= 11 is 0. The van der Waals surface area contributed by atoms with Gasteiger partial charge in [0.1, 0.15) is 0 Å². The first-order valence-corrected chi connectivity index (χ1v) is 10.5. The minimum atomic E-state index is -3.86. The number of esters is 1. The fraction of sp³-hybridized carbons (Fsp3) is 0.556. The van der Waals surface area contributed by atoms with E-state index in [1.165, 1.54) is 12.1 Å². The second-order valence-electron chi connectivity index (χ2n) is 6.83. The molecule has 2 rings (SSSR count). The summed E-state index contributed by atoms with van der Waals surface area (Å²) in [6.45, 7) is 6.98. The number of amides is 1. The van der Waals surface area contributed by atoms with Crippen LogP contribution in [0.2, 0.25) is 0 Å². The smallest absolute Gasteiger partial charge is 0.310 e. The lowest BCUT2D eigenvalue weighted by atomic mass is 9.98. The molecular weight excluding hydrogens is 370 g/mol. The van der Waals surface area contributed by atoms with Gasteiger partial charge in [0.05, 0.1) is 24.0 Å². The number of aryl methyl sites for hydroxylation is 1. The van der Waals surface area contributed by atoms with Gasteiger partial charge in [0.15, 0.2) is 0 Å². The average molecular weight is 397 g/mol. The van der Waals surface area contributed by atoms with Gasteiger partial charge >= 0.3 is 5.97 Å². The van der Waals surface area contributed by atoms with Gasteiger partial charge in [-0.1, -0.05) is 0 Å². The van der Waals surface area contributed by atoms with Crippen molar-refractivity contribution in [1.82, 2.24) is 4.90 Å². The summed E-state index contributed by atoms with van der Waals surface area (Å²) in [6, 6.07) is 2.85. The van der Waals surface area contributed by atoms with Crippen molar-refractivity contribution in [3.63, 3.8) is 0 Å². The normalized spacial score (nSPS) is 18.1. The van der Waals surface area contributed by atoms with Gasteiger partial charge in [0.2, 0.25) is 15.9 Å². The number of carbonyl (C=O) groups is 2. The van der Waals surface area contributed by atoms with E-state index in [0.717, 1.165) is 30.5 Å². The number of primary sulfonamides is 1. The van der Waals surface area contributed by atoms with Crippen LogP contribution >= 0.6 is 0 Å². The molecule has 9 heteroatoms. The fourth-order valence-electron chi connectivity index (χ4n) is 3.16. The van der Waals surface area contributed by atoms with Crippen molar-refractivity contribution in [3.05, 3.63) is 23.3 Å². The lowest BCUT2D eigenvalue weighted by molar-refractivity contribution is -0.150. The van der Waals surface area contributed by atoms with Gasteiger partial charge in [0.25, 0.3) is 0 Å². The van der Waals surface area contributed by atoms with Crippen LogP contribution < -0.4 is 10.5 Å². The maximum Gasteiger partial charge on any atom is 0.310 e. The Hall–Kier alpha value is -1.97. The quantitative estimate of drug-likeness (QED) is 0.696. The summed E-state index contributed by atoms with van der Waals surface area (Å²) in [6.07, 6.45) is 1.57. The van der Waals surface area contributed by atoms with E-state index < -0.39 is 10.0 Å². The van der Waals surface area contributed by atoms with Gasteiger partial charge in [0, 0.05) is 12.2 Å². The number of benzene rings is 1. The Balaban J connectivity index is 2.05. The third-order valence-corrected chi connectivity index (χ3v) is 5.63. The van der Waals surface area contributed by atoms with Gasteiger partial charge in [-0.3, -0.25) is 14.5 Å². The molecule has 1 heterocycles. The number of nitrogens with one attached hydrogen (secondary N) is 1. The molecule has 1 aromatic carbocycles. The molecule has 1 amide bonds. The maximum absolute atomic E-state index is 12.5. The number of nitrogens with two attached hydrogens (primary N) is 1. The summed E-state index contributed by atoms with van der Waals surface area (Å²) in [7, 11) is -3.86. The maximum atomic E-state index is 12.5. The number of piperidine rings is 1. The SMILES string of the molecule is CCOC(=O)[C@@H]1CCCN(CC(=O)Nc2cc(S(N)(=O)=O)cc(C)c2C)C1. The molecule has 1 fully saturated rings. The summed E-state index contributed by atoms with van der Waals surface area (Å²) in [5, 5.41) is 7.96. The Morgan fingerprint density at radius 3 is 2.67 bits per heavy atom. The summed E-state index contributed by atoms with van der Waals surface area (Å²) in [5.74, 6) is -0.718. The van der Waals surface area contributed by atoms with Gasteiger partial charge in [-0.25, -0.2) is 13.6 Å². The van der Waals surface area contributed by atoms with Crippen LogP contribution in [0.15, 0.2) is 17.0 Å². The molecule has 3 N–H and O–H groups in total. The number of anilines is 1. The second-order valence-corrected chi connectivity index (χ2v) is 8.39. The van der Waals surface area contributed by atoms with Crippen molar-refractivity contribution >= 4 is 27.6 Å². The van der Waals surface area contributed by atoms with E-state index >= 15 is 0 Å². The highest BCUT2D eigenvalue weighted by Crippen LogP contribution is 2.24. The van der Waals surface area contributed by atoms with Crippen molar-refractivity contribution in [2.45, 2.75) is 38.5 Å². The Morgan fingerprint density at radius 1 is 1.33 bits per heavy atom. The van der Waals surface area contributed by atoms with Crippen LogP contribution in [0.1, 0.15) is 30.9 Å². The zero-order valence-corrected chi connectivity index (χ0v) is 16.8. The second kappa shape index (κ2) is 8.81. The van der Waals surface area contributed by atoms with Crippen LogP contribution in [0.25, 0.3) is 0 Å². The largest absolute Gasteiger partial charge is 0.466 e. The number of ether oxygens (including phenoxy) is 1. The van der Waals surface area contributed by atoms with Crippen LogP contribution in [-0.2, 0) is 24.3 Å². The Kier molecular flexibility index (Phi) is 6.96. The zero-order chi connectivity index (χ0) is 20.2. The highest BCUT2D eigenvalue weighted by Gasteiger charge is 2.28. The van der Waals surface area contributed by atoms with E-state index in [-0.39, 0.29) is 29.2 Å². The number of sulfonamides is 1. The number of carbonyl (C=O) groups excluding carboxylic acids is 2. The van der Waals surface area contributed by atoms with Crippen molar-refractivity contribution in [1.29, 1.82) is 0 Å². The van der Waals surface area contributed by atoms with E-state index in [9.17, 15) is 18.0 Å². The van der Waals surface area contributed by atoms with Crippen LogP contribution in [0.5, 0.6) is 0 Å². The molecule has 27 heavy (non-hydrogen) atoms. The number of nitrogens with zero attached hydrogens (tertiary/aromatic N) is 1. The number of hydrogen-bond acceptors (Lipinski definition) is 6. The Bertz CT molecular complexity index is 823. The standard InChI is InChI=1S/C18H27N3O5S/c1-4-26-18(23)14-6-5-7-21(10-14)11-17(22)20-16-9-15(27(19,24)25)8-12(2)13(16)3/h8-9,14H,4-7,10-11H2,1-3H3,(H,20,22)(H2,19,24,25)/t14-/m1/s1. The number of likely N-dealkylation sites (tertiary alicyclic amines) is 1. The molecule has 8 nitrogen and oxygen atoms in total. The molecule has 0 spiro atoms.